The normalized spacial score (nSPS) is 26.6. The van der Waals surface area contributed by atoms with Crippen molar-refractivity contribution in [3.8, 4) is 0 Å². The monoisotopic (exact) mass is 593 g/mol. The number of likely N-dealkylation sites (tertiary alicyclic amines) is 2. The van der Waals surface area contributed by atoms with E-state index in [1.165, 1.54) is 0 Å². The fraction of sp³-hybridized carbons (Fsp3) is 0.871. The van der Waals surface area contributed by atoms with Gasteiger partial charge in [-0.15, -0.1) is 0 Å². The minimum atomic E-state index is -0.736. The summed E-state index contributed by atoms with van der Waals surface area (Å²) in [6.07, 6.45) is 3.85. The highest BCUT2D eigenvalue weighted by Gasteiger charge is 2.39. The molecule has 0 aromatic rings. The van der Waals surface area contributed by atoms with Crippen LogP contribution < -0.4 is 16.0 Å². The zero-order valence-corrected chi connectivity index (χ0v) is 26.6. The highest BCUT2D eigenvalue weighted by molar-refractivity contribution is 5.82. The van der Waals surface area contributed by atoms with E-state index in [0.717, 1.165) is 25.9 Å². The maximum absolute atomic E-state index is 13.3. The van der Waals surface area contributed by atoms with Gasteiger partial charge in [-0.05, 0) is 63.3 Å². The summed E-state index contributed by atoms with van der Waals surface area (Å²) in [5.41, 5.74) is -0.840. The number of carbonyl (C=O) groups excluding carboxylic acids is 4. The lowest BCUT2D eigenvalue weighted by Crippen LogP contribution is -2.58. The molecule has 3 N–H and O–H groups in total. The van der Waals surface area contributed by atoms with E-state index in [-0.39, 0.29) is 54.6 Å². The van der Waals surface area contributed by atoms with Gasteiger partial charge in [0.1, 0.15) is 6.61 Å². The number of hydrogen-bond acceptors (Lipinski definition) is 7. The Labute approximate surface area is 252 Å². The summed E-state index contributed by atoms with van der Waals surface area (Å²) >= 11 is 0. The van der Waals surface area contributed by atoms with Crippen molar-refractivity contribution in [1.29, 1.82) is 0 Å². The third-order valence-corrected chi connectivity index (χ3v) is 8.77. The van der Waals surface area contributed by atoms with Crippen LogP contribution in [0.25, 0.3) is 0 Å². The smallest absolute Gasteiger partial charge is 0.246 e. The predicted molar refractivity (Wildman–Crippen MR) is 161 cm³/mol. The van der Waals surface area contributed by atoms with Gasteiger partial charge in [0.15, 0.2) is 0 Å². The number of hydrogen-bond donors (Lipinski definition) is 3. The van der Waals surface area contributed by atoms with Gasteiger partial charge in [-0.25, -0.2) is 0 Å². The van der Waals surface area contributed by atoms with Crippen molar-refractivity contribution in [2.75, 3.05) is 65.7 Å². The Hall–Kier alpha value is -2.24. The molecule has 42 heavy (non-hydrogen) atoms. The Morgan fingerprint density at radius 1 is 0.905 bits per heavy atom. The van der Waals surface area contributed by atoms with Crippen LogP contribution in [0.1, 0.15) is 79.6 Å². The first kappa shape index (κ1) is 34.3. The lowest BCUT2D eigenvalue weighted by molar-refractivity contribution is -0.136. The van der Waals surface area contributed by atoms with Gasteiger partial charge in [-0.3, -0.25) is 19.2 Å². The summed E-state index contributed by atoms with van der Waals surface area (Å²) in [6, 6.07) is 0.432. The molecule has 3 aliphatic heterocycles. The van der Waals surface area contributed by atoms with Gasteiger partial charge in [0.2, 0.25) is 23.6 Å². The number of rotatable bonds is 2. The van der Waals surface area contributed by atoms with E-state index in [2.05, 4.69) is 34.7 Å². The van der Waals surface area contributed by atoms with Crippen LogP contribution in [-0.4, -0.2) is 111 Å². The molecular formula is C31H55N5O6. The van der Waals surface area contributed by atoms with Gasteiger partial charge in [0.05, 0.1) is 25.4 Å². The molecule has 11 nitrogen and oxygen atoms in total. The number of nitrogens with one attached hydrogen (secondary N) is 3. The lowest BCUT2D eigenvalue weighted by atomic mass is 9.80. The van der Waals surface area contributed by atoms with E-state index in [9.17, 15) is 19.2 Å². The van der Waals surface area contributed by atoms with Crippen LogP contribution in [-0.2, 0) is 28.7 Å². The molecule has 0 aliphatic carbocycles. The molecule has 3 heterocycles. The summed E-state index contributed by atoms with van der Waals surface area (Å²) in [5, 5.41) is 9.17. The zero-order chi connectivity index (χ0) is 30.8. The number of amides is 4. The Morgan fingerprint density at radius 2 is 1.60 bits per heavy atom. The average Bonchev–Trinajstić information content (AvgIpc) is 2.89. The van der Waals surface area contributed by atoms with E-state index < -0.39 is 5.54 Å². The molecule has 0 saturated carbocycles. The number of fused-ring (bicyclic) bond motifs is 1. The molecule has 0 aromatic carbocycles. The molecule has 0 aromatic heterocycles. The van der Waals surface area contributed by atoms with Crippen LogP contribution in [0.4, 0.5) is 0 Å². The molecule has 240 valence electrons. The van der Waals surface area contributed by atoms with Crippen LogP contribution in [0.15, 0.2) is 0 Å². The first-order valence-electron chi connectivity index (χ1n) is 15.9. The van der Waals surface area contributed by atoms with Crippen molar-refractivity contribution in [3.63, 3.8) is 0 Å². The Kier molecular flexibility index (Phi) is 13.1. The molecule has 1 spiro atoms. The van der Waals surface area contributed by atoms with E-state index in [1.54, 1.807) is 0 Å². The van der Waals surface area contributed by atoms with Crippen molar-refractivity contribution in [3.05, 3.63) is 0 Å². The average molecular weight is 594 g/mol. The second-order valence-corrected chi connectivity index (χ2v) is 13.9. The van der Waals surface area contributed by atoms with Gasteiger partial charge in [-0.1, -0.05) is 20.8 Å². The third-order valence-electron chi connectivity index (χ3n) is 8.77. The predicted octanol–water partition coefficient (Wildman–Crippen LogP) is 1.70. The van der Waals surface area contributed by atoms with Crippen LogP contribution >= 0.6 is 0 Å². The Bertz CT molecular complexity index is 912. The highest BCUT2D eigenvalue weighted by atomic mass is 16.5. The summed E-state index contributed by atoms with van der Waals surface area (Å²) in [7, 11) is 0. The summed E-state index contributed by atoms with van der Waals surface area (Å²) < 4.78 is 11.1. The third kappa shape index (κ3) is 11.4. The molecule has 0 bridgehead atoms. The first-order valence-corrected chi connectivity index (χ1v) is 15.9. The minimum absolute atomic E-state index is 0.0345. The lowest BCUT2D eigenvalue weighted by Gasteiger charge is -2.42. The second-order valence-electron chi connectivity index (χ2n) is 13.9. The standard InChI is InChI=1S/C31H55N5O6/c1-23(2)36-12-7-24-18-26(37)33-11-15-41-16-17-42-22-28(39)34-31(19-27(38)32-10-6-25(24)21-36)8-13-35(14-9-31)29(40)20-30(3,4)5/h23-25H,6-22H2,1-5H3,(H,32,38)(H,33,37)(H,34,39)/t24-,25-/m0/s1. The second kappa shape index (κ2) is 16.0. The molecule has 0 radical (unpaired) electrons. The number of nitrogens with zero attached hydrogens (tertiary/aromatic N) is 2. The highest BCUT2D eigenvalue weighted by Crippen LogP contribution is 2.31. The van der Waals surface area contributed by atoms with Gasteiger partial charge in [0, 0.05) is 58.0 Å². The molecule has 3 rings (SSSR count). The minimum Gasteiger partial charge on any atom is -0.377 e. The number of carbonyl (C=O) groups is 4. The van der Waals surface area contributed by atoms with Crippen molar-refractivity contribution >= 4 is 23.6 Å². The zero-order valence-electron chi connectivity index (χ0n) is 26.6. The Morgan fingerprint density at radius 3 is 2.29 bits per heavy atom. The molecule has 3 fully saturated rings. The van der Waals surface area contributed by atoms with E-state index in [0.29, 0.717) is 77.0 Å². The molecule has 11 heteroatoms. The van der Waals surface area contributed by atoms with Crippen LogP contribution in [0.3, 0.4) is 0 Å². The van der Waals surface area contributed by atoms with E-state index >= 15 is 0 Å². The summed E-state index contributed by atoms with van der Waals surface area (Å²) in [6.45, 7) is 15.2. The van der Waals surface area contributed by atoms with Crippen LogP contribution in [0.2, 0.25) is 0 Å². The number of piperidine rings is 2. The van der Waals surface area contributed by atoms with Gasteiger partial charge in [0.25, 0.3) is 0 Å². The SMILES string of the molecule is CC(C)N1CC[C@H]2CC(=O)NCCOCCOCC(=O)NC3(CCN(C(=O)CC(C)(C)C)CC3)CC(=O)NCC[C@H]2C1. The van der Waals surface area contributed by atoms with Crippen molar-refractivity contribution in [1.82, 2.24) is 25.8 Å². The topological polar surface area (TPSA) is 129 Å². The van der Waals surface area contributed by atoms with Crippen molar-refractivity contribution in [2.45, 2.75) is 91.1 Å². The molecule has 4 amide bonds. The fourth-order valence-electron chi connectivity index (χ4n) is 6.33. The van der Waals surface area contributed by atoms with Crippen molar-refractivity contribution < 1.29 is 28.7 Å². The van der Waals surface area contributed by atoms with Gasteiger partial charge in [-0.2, -0.15) is 0 Å². The van der Waals surface area contributed by atoms with E-state index in [1.807, 2.05) is 25.7 Å². The fourth-order valence-corrected chi connectivity index (χ4v) is 6.33. The van der Waals surface area contributed by atoms with Crippen LogP contribution in [0, 0.1) is 17.3 Å². The van der Waals surface area contributed by atoms with Crippen molar-refractivity contribution in [2.24, 2.45) is 17.3 Å². The quantitative estimate of drug-likeness (QED) is 0.445. The van der Waals surface area contributed by atoms with Crippen LogP contribution in [0.5, 0.6) is 0 Å². The molecule has 0 unspecified atom stereocenters. The largest absolute Gasteiger partial charge is 0.377 e. The summed E-state index contributed by atoms with van der Waals surface area (Å²) in [5.74, 6) is 0.313. The first-order chi connectivity index (χ1) is 19.9. The molecule has 3 saturated heterocycles. The van der Waals surface area contributed by atoms with E-state index in [4.69, 9.17) is 9.47 Å². The maximum atomic E-state index is 13.3. The molecule has 3 aliphatic rings. The van der Waals surface area contributed by atoms with Gasteiger partial charge >= 0.3 is 0 Å². The number of ether oxygens (including phenoxy) is 2. The molecular weight excluding hydrogens is 538 g/mol. The molecule has 2 atom stereocenters. The maximum Gasteiger partial charge on any atom is 0.246 e. The van der Waals surface area contributed by atoms with Gasteiger partial charge < -0.3 is 35.2 Å². The summed E-state index contributed by atoms with van der Waals surface area (Å²) in [4.78, 5) is 56.0. The Balaban J connectivity index is 1.67.